The molecule has 262 valence electrons. The molecule has 0 saturated carbocycles. The number of nitrogens with zero attached hydrogens (tertiary/aromatic N) is 9. The standard InChI is InChI=1S/C27H41N12O8P/c1-4-37(5-2)7-6-36(3)48(43,47-16-9-20(45-17(16)10-40)38-13-32-21-23(28)30-12-31-24(21)38)44-11-18-15(41)8-19(46-18)39-14-33-22-25(39)34-27(29)35-26(22)42/h12-20,40-41H,4-11H2,1-3H3,(H2,28,30,31)(H3,29,34,35,42)/t15-,16-,17+,18+,19+,20+,48?/m0/s1. The third-order valence-electron chi connectivity index (χ3n) is 8.75. The molecule has 0 spiro atoms. The summed E-state index contributed by atoms with van der Waals surface area (Å²) in [4.78, 5) is 37.6. The van der Waals surface area contributed by atoms with Gasteiger partial charge in [-0.15, -0.1) is 0 Å². The first kappa shape index (κ1) is 34.3. The molecule has 48 heavy (non-hydrogen) atoms. The van der Waals surface area contributed by atoms with Gasteiger partial charge in [0.05, 0.1) is 32.0 Å². The molecular weight excluding hydrogens is 651 g/mol. The highest BCUT2D eigenvalue weighted by atomic mass is 31.2. The topological polar surface area (TPSA) is 260 Å². The Morgan fingerprint density at radius 3 is 2.44 bits per heavy atom. The highest BCUT2D eigenvalue weighted by molar-refractivity contribution is 7.51. The van der Waals surface area contributed by atoms with Gasteiger partial charge in [-0.25, -0.2) is 29.2 Å². The van der Waals surface area contributed by atoms with Gasteiger partial charge in [0, 0.05) is 25.9 Å². The molecule has 4 aromatic rings. The normalized spacial score (nSPS) is 26.0. The second-order valence-corrected chi connectivity index (χ2v) is 13.7. The molecule has 2 fully saturated rings. The van der Waals surface area contributed by atoms with Crippen LogP contribution in [0, 0.1) is 0 Å². The lowest BCUT2D eigenvalue weighted by molar-refractivity contribution is -0.0534. The Labute approximate surface area is 274 Å². The Hall–Kier alpha value is -3.59. The molecule has 7 N–H and O–H groups in total. The molecule has 2 aliphatic heterocycles. The van der Waals surface area contributed by atoms with E-state index in [2.05, 4.69) is 34.8 Å². The van der Waals surface area contributed by atoms with Crippen molar-refractivity contribution < 1.29 is 33.3 Å². The Morgan fingerprint density at radius 2 is 1.71 bits per heavy atom. The predicted molar refractivity (Wildman–Crippen MR) is 171 cm³/mol. The quantitative estimate of drug-likeness (QED) is 0.107. The number of nitrogens with two attached hydrogens (primary N) is 2. The number of imidazole rings is 2. The maximum absolute atomic E-state index is 14.6. The fraction of sp³-hybridized carbons (Fsp3) is 0.630. The maximum Gasteiger partial charge on any atom is 0.408 e. The number of anilines is 2. The van der Waals surface area contributed by atoms with Crippen molar-refractivity contribution in [2.45, 2.75) is 63.6 Å². The number of aliphatic hydroxyl groups is 2. The summed E-state index contributed by atoms with van der Waals surface area (Å²) in [6, 6.07) is 0. The first-order valence-electron chi connectivity index (χ1n) is 15.7. The number of rotatable bonds is 14. The summed E-state index contributed by atoms with van der Waals surface area (Å²) in [7, 11) is -2.46. The molecular formula is C27H41N12O8P. The monoisotopic (exact) mass is 692 g/mol. The van der Waals surface area contributed by atoms with Crippen LogP contribution in [0.3, 0.4) is 0 Å². The van der Waals surface area contributed by atoms with Crippen molar-refractivity contribution in [1.29, 1.82) is 0 Å². The van der Waals surface area contributed by atoms with Gasteiger partial charge in [-0.1, -0.05) is 13.8 Å². The minimum atomic E-state index is -4.10. The fourth-order valence-electron chi connectivity index (χ4n) is 5.91. The van der Waals surface area contributed by atoms with Crippen LogP contribution in [0.1, 0.15) is 39.1 Å². The fourth-order valence-corrected chi connectivity index (χ4v) is 7.57. The minimum Gasteiger partial charge on any atom is -0.394 e. The molecule has 6 rings (SSSR count). The average Bonchev–Trinajstić information content (AvgIpc) is 3.85. The van der Waals surface area contributed by atoms with Crippen molar-refractivity contribution in [2.24, 2.45) is 0 Å². The van der Waals surface area contributed by atoms with E-state index in [0.29, 0.717) is 24.3 Å². The van der Waals surface area contributed by atoms with E-state index in [4.69, 9.17) is 30.0 Å². The van der Waals surface area contributed by atoms with E-state index in [-0.39, 0.29) is 42.4 Å². The highest BCUT2D eigenvalue weighted by Gasteiger charge is 2.45. The van der Waals surface area contributed by atoms with Crippen LogP contribution in [-0.4, -0.2) is 130 Å². The molecule has 6 heterocycles. The van der Waals surface area contributed by atoms with Crippen molar-refractivity contribution in [3.63, 3.8) is 0 Å². The number of H-pyrrole nitrogens is 1. The Morgan fingerprint density at radius 1 is 1.02 bits per heavy atom. The average molecular weight is 693 g/mol. The molecule has 0 amide bonds. The Bertz CT molecular complexity index is 1830. The zero-order valence-electron chi connectivity index (χ0n) is 26.8. The van der Waals surface area contributed by atoms with Gasteiger partial charge in [-0.3, -0.25) is 28.0 Å². The number of aromatic nitrogens is 8. The van der Waals surface area contributed by atoms with E-state index in [1.54, 1.807) is 11.6 Å². The van der Waals surface area contributed by atoms with Gasteiger partial charge in [0.2, 0.25) is 5.95 Å². The van der Waals surface area contributed by atoms with Crippen LogP contribution in [0.25, 0.3) is 22.3 Å². The molecule has 4 aromatic heterocycles. The number of nitrogen functional groups attached to an aromatic ring is 2. The Balaban J connectivity index is 1.20. The van der Waals surface area contributed by atoms with Crippen molar-refractivity contribution in [2.75, 3.05) is 57.9 Å². The number of fused-ring (bicyclic) bond motifs is 2. The third kappa shape index (κ3) is 6.67. The van der Waals surface area contributed by atoms with E-state index in [0.717, 1.165) is 13.1 Å². The summed E-state index contributed by atoms with van der Waals surface area (Å²) in [5.41, 5.74) is 12.3. The van der Waals surface area contributed by atoms with Crippen LogP contribution in [-0.2, 0) is 23.1 Å². The van der Waals surface area contributed by atoms with E-state index in [1.165, 1.54) is 28.2 Å². The molecule has 2 aliphatic rings. The summed E-state index contributed by atoms with van der Waals surface area (Å²) in [6.45, 7) is 5.88. The number of likely N-dealkylation sites (N-methyl/N-ethyl adjacent to an activating group) is 2. The van der Waals surface area contributed by atoms with E-state index in [1.807, 2.05) is 13.8 Å². The first-order chi connectivity index (χ1) is 23.0. The van der Waals surface area contributed by atoms with Crippen LogP contribution in [0.15, 0.2) is 23.8 Å². The molecule has 0 radical (unpaired) electrons. The van der Waals surface area contributed by atoms with Crippen molar-refractivity contribution in [3.05, 3.63) is 29.3 Å². The molecule has 0 aliphatic carbocycles. The van der Waals surface area contributed by atoms with E-state index in [9.17, 15) is 19.6 Å². The van der Waals surface area contributed by atoms with Crippen LogP contribution in [0.5, 0.6) is 0 Å². The van der Waals surface area contributed by atoms with Gasteiger partial charge in [0.1, 0.15) is 42.6 Å². The number of hydrogen-bond acceptors (Lipinski definition) is 16. The van der Waals surface area contributed by atoms with Gasteiger partial charge < -0.3 is 36.1 Å². The second kappa shape index (κ2) is 14.1. The van der Waals surface area contributed by atoms with E-state index >= 15 is 0 Å². The lowest BCUT2D eigenvalue weighted by atomic mass is 10.2. The summed E-state index contributed by atoms with van der Waals surface area (Å²) in [5.74, 6) is 0.126. The third-order valence-corrected chi connectivity index (χ3v) is 10.8. The molecule has 7 atom stereocenters. The van der Waals surface area contributed by atoms with Crippen LogP contribution in [0.4, 0.5) is 11.8 Å². The molecule has 20 nitrogen and oxygen atoms in total. The summed E-state index contributed by atoms with van der Waals surface area (Å²) in [6.07, 6.45) is -0.527. The lowest BCUT2D eigenvalue weighted by Gasteiger charge is -2.32. The number of ether oxygens (including phenoxy) is 2. The zero-order chi connectivity index (χ0) is 34.2. The summed E-state index contributed by atoms with van der Waals surface area (Å²) >= 11 is 0. The first-order valence-corrected chi connectivity index (χ1v) is 17.2. The zero-order valence-corrected chi connectivity index (χ0v) is 27.7. The lowest BCUT2D eigenvalue weighted by Crippen LogP contribution is -2.36. The predicted octanol–water partition coefficient (Wildman–Crippen LogP) is -0.164. The van der Waals surface area contributed by atoms with Gasteiger partial charge in [0.15, 0.2) is 22.6 Å². The molecule has 0 bridgehead atoms. The number of hydrogen-bond donors (Lipinski definition) is 5. The molecule has 0 aromatic carbocycles. The van der Waals surface area contributed by atoms with E-state index < -0.39 is 56.8 Å². The minimum absolute atomic E-state index is 0.0739. The van der Waals surface area contributed by atoms with Crippen LogP contribution < -0.4 is 17.0 Å². The number of nitrogens with one attached hydrogen (secondary N) is 1. The second-order valence-electron chi connectivity index (χ2n) is 11.7. The van der Waals surface area contributed by atoms with Gasteiger partial charge in [-0.2, -0.15) is 4.98 Å². The molecule has 2 saturated heterocycles. The number of aliphatic hydroxyl groups excluding tert-OH is 2. The smallest absolute Gasteiger partial charge is 0.394 e. The largest absolute Gasteiger partial charge is 0.408 e. The number of aromatic amines is 1. The van der Waals surface area contributed by atoms with Gasteiger partial charge >= 0.3 is 7.75 Å². The molecule has 21 heteroatoms. The SMILES string of the molecule is CCN(CC)CCN(C)P(=O)(OC[C@H]1O[C@@H](n2cnc3c(=O)[nH]c(N)nc32)C[C@@H]1O)O[C@H]1C[C@H](n2cnc3c(N)ncnc32)O[C@@H]1CO. The summed E-state index contributed by atoms with van der Waals surface area (Å²) in [5, 5.41) is 21.2. The molecule has 1 unspecified atom stereocenters. The van der Waals surface area contributed by atoms with Gasteiger partial charge in [0.25, 0.3) is 5.56 Å². The highest BCUT2D eigenvalue weighted by Crippen LogP contribution is 2.55. The summed E-state index contributed by atoms with van der Waals surface area (Å²) < 4.78 is 43.8. The van der Waals surface area contributed by atoms with Crippen LogP contribution in [0.2, 0.25) is 0 Å². The Kier molecular flexibility index (Phi) is 10.1. The van der Waals surface area contributed by atoms with Crippen molar-refractivity contribution in [3.8, 4) is 0 Å². The van der Waals surface area contributed by atoms with Crippen molar-refractivity contribution >= 4 is 41.8 Å². The van der Waals surface area contributed by atoms with Crippen molar-refractivity contribution in [1.82, 2.24) is 48.6 Å². The van der Waals surface area contributed by atoms with Gasteiger partial charge in [-0.05, 0) is 20.1 Å². The van der Waals surface area contributed by atoms with Crippen LogP contribution >= 0.6 is 7.75 Å². The maximum atomic E-state index is 14.6.